The molecule has 0 aromatic carbocycles. The second kappa shape index (κ2) is 2.81. The molecule has 5 N–H and O–H groups in total. The van der Waals surface area contributed by atoms with Gasteiger partial charge in [-0.3, -0.25) is 0 Å². The minimum Gasteiger partial charge on any atom is -0.394 e. The van der Waals surface area contributed by atoms with Crippen molar-refractivity contribution >= 4 is 0 Å². The van der Waals surface area contributed by atoms with Gasteiger partial charge in [0.1, 0.15) is 12.2 Å². The van der Waals surface area contributed by atoms with E-state index < -0.39 is 24.5 Å². The maximum atomic E-state index is 9.06. The summed E-state index contributed by atoms with van der Waals surface area (Å²) in [5, 5.41) is 26.4. The molecule has 1 fully saturated rings. The molecule has 1 aliphatic rings. The summed E-state index contributed by atoms with van der Waals surface area (Å²) >= 11 is 0. The first-order valence-electron chi connectivity index (χ1n) is 3.05. The molecule has 0 radical (unpaired) electrons. The monoisotopic (exact) mass is 149 g/mol. The molecule has 0 spiro atoms. The molecule has 10 heavy (non-hydrogen) atoms. The van der Waals surface area contributed by atoms with Gasteiger partial charge in [0, 0.05) is 0 Å². The average molecular weight is 149 g/mol. The lowest BCUT2D eigenvalue weighted by atomic mass is 10.1. The second-order valence-corrected chi connectivity index (χ2v) is 2.32. The van der Waals surface area contributed by atoms with Gasteiger partial charge in [-0.15, -0.1) is 0 Å². The SMILES string of the molecule is NC1C(O)OC(CO)C1O. The standard InChI is InChI=1S/C5H11NO4/c6-3-4(8)2(1-7)10-5(3)9/h2-5,7-9H,1,6H2. The second-order valence-electron chi connectivity index (χ2n) is 2.32. The van der Waals surface area contributed by atoms with Gasteiger partial charge in [0.2, 0.25) is 0 Å². The lowest BCUT2D eigenvalue weighted by molar-refractivity contribution is -0.110. The van der Waals surface area contributed by atoms with Crippen LogP contribution in [-0.4, -0.2) is 46.5 Å². The van der Waals surface area contributed by atoms with Gasteiger partial charge in [-0.1, -0.05) is 0 Å². The van der Waals surface area contributed by atoms with E-state index in [0.29, 0.717) is 0 Å². The average Bonchev–Trinajstić information content (AvgIpc) is 2.17. The molecular formula is C5H11NO4. The number of ether oxygens (including phenoxy) is 1. The summed E-state index contributed by atoms with van der Waals surface area (Å²) in [5.74, 6) is 0. The first-order chi connectivity index (χ1) is 4.66. The Balaban J connectivity index is 2.53. The van der Waals surface area contributed by atoms with Gasteiger partial charge in [-0.2, -0.15) is 0 Å². The van der Waals surface area contributed by atoms with Crippen molar-refractivity contribution in [3.8, 4) is 0 Å². The van der Waals surface area contributed by atoms with Gasteiger partial charge in [-0.25, -0.2) is 0 Å². The zero-order valence-corrected chi connectivity index (χ0v) is 5.34. The fraction of sp³-hybridized carbons (Fsp3) is 1.00. The molecule has 1 aliphatic heterocycles. The zero-order valence-electron chi connectivity index (χ0n) is 5.34. The molecule has 4 atom stereocenters. The van der Waals surface area contributed by atoms with Crippen LogP contribution in [0.1, 0.15) is 0 Å². The Morgan fingerprint density at radius 2 is 2.00 bits per heavy atom. The highest BCUT2D eigenvalue weighted by atomic mass is 16.6. The summed E-state index contributed by atoms with van der Waals surface area (Å²) < 4.78 is 4.67. The molecule has 0 amide bonds. The lowest BCUT2D eigenvalue weighted by Crippen LogP contribution is -2.40. The van der Waals surface area contributed by atoms with E-state index in [4.69, 9.17) is 21.1 Å². The molecule has 1 saturated heterocycles. The maximum Gasteiger partial charge on any atom is 0.172 e. The van der Waals surface area contributed by atoms with Crippen LogP contribution in [0.3, 0.4) is 0 Å². The van der Waals surface area contributed by atoms with Crippen molar-refractivity contribution in [2.45, 2.75) is 24.5 Å². The normalized spacial score (nSPS) is 48.0. The summed E-state index contributed by atoms with van der Waals surface area (Å²) in [6.07, 6.45) is -2.88. The predicted molar refractivity (Wildman–Crippen MR) is 31.9 cm³/mol. The van der Waals surface area contributed by atoms with Crippen molar-refractivity contribution in [3.63, 3.8) is 0 Å². The van der Waals surface area contributed by atoms with Crippen molar-refractivity contribution in [3.05, 3.63) is 0 Å². The van der Waals surface area contributed by atoms with Crippen molar-refractivity contribution in [2.24, 2.45) is 5.73 Å². The van der Waals surface area contributed by atoms with Gasteiger partial charge in [0.15, 0.2) is 6.29 Å². The summed E-state index contributed by atoms with van der Waals surface area (Å²) in [5.41, 5.74) is 5.25. The fourth-order valence-corrected chi connectivity index (χ4v) is 0.918. The zero-order chi connectivity index (χ0) is 7.72. The molecule has 60 valence electrons. The third-order valence-electron chi connectivity index (χ3n) is 1.60. The minimum absolute atomic E-state index is 0.327. The quantitative estimate of drug-likeness (QED) is 0.327. The Morgan fingerprint density at radius 1 is 1.40 bits per heavy atom. The van der Waals surface area contributed by atoms with Gasteiger partial charge < -0.3 is 25.8 Å². The largest absolute Gasteiger partial charge is 0.394 e. The summed E-state index contributed by atoms with van der Waals surface area (Å²) in [6.45, 7) is -0.327. The molecule has 0 aromatic heterocycles. The molecule has 0 aromatic rings. The van der Waals surface area contributed by atoms with Crippen LogP contribution in [0.15, 0.2) is 0 Å². The maximum absolute atomic E-state index is 9.06. The number of nitrogens with two attached hydrogens (primary N) is 1. The van der Waals surface area contributed by atoms with E-state index in [1.54, 1.807) is 0 Å². The van der Waals surface area contributed by atoms with Crippen LogP contribution in [0.4, 0.5) is 0 Å². The molecule has 1 heterocycles. The van der Waals surface area contributed by atoms with Crippen LogP contribution < -0.4 is 5.73 Å². The Labute approximate surface area is 58.0 Å². The molecule has 5 heteroatoms. The summed E-state index contributed by atoms with van der Waals surface area (Å²) in [4.78, 5) is 0. The van der Waals surface area contributed by atoms with Gasteiger partial charge in [0.05, 0.1) is 12.6 Å². The first kappa shape index (κ1) is 7.90. The van der Waals surface area contributed by atoms with Crippen LogP contribution in [-0.2, 0) is 4.74 Å². The number of aliphatic hydroxyl groups is 3. The van der Waals surface area contributed by atoms with Gasteiger partial charge >= 0.3 is 0 Å². The van der Waals surface area contributed by atoms with E-state index in [2.05, 4.69) is 4.74 Å². The molecule has 0 bridgehead atoms. The summed E-state index contributed by atoms with van der Waals surface area (Å²) in [6, 6.07) is -0.808. The van der Waals surface area contributed by atoms with Crippen molar-refractivity contribution < 1.29 is 20.1 Å². The topological polar surface area (TPSA) is 95.9 Å². The van der Waals surface area contributed by atoms with Crippen LogP contribution in [0.2, 0.25) is 0 Å². The number of hydrogen-bond acceptors (Lipinski definition) is 5. The number of aliphatic hydroxyl groups excluding tert-OH is 3. The Bertz CT molecular complexity index is 120. The van der Waals surface area contributed by atoms with Gasteiger partial charge in [0.25, 0.3) is 0 Å². The van der Waals surface area contributed by atoms with Gasteiger partial charge in [-0.05, 0) is 0 Å². The third kappa shape index (κ3) is 1.14. The third-order valence-corrected chi connectivity index (χ3v) is 1.60. The van der Waals surface area contributed by atoms with E-state index in [-0.39, 0.29) is 6.61 Å². The first-order valence-corrected chi connectivity index (χ1v) is 3.05. The van der Waals surface area contributed by atoms with E-state index >= 15 is 0 Å². The van der Waals surface area contributed by atoms with Crippen LogP contribution in [0.25, 0.3) is 0 Å². The highest BCUT2D eigenvalue weighted by molar-refractivity contribution is 4.88. The van der Waals surface area contributed by atoms with Crippen molar-refractivity contribution in [1.29, 1.82) is 0 Å². The van der Waals surface area contributed by atoms with Crippen LogP contribution in [0.5, 0.6) is 0 Å². The Hall–Kier alpha value is -0.200. The van der Waals surface area contributed by atoms with E-state index in [1.165, 1.54) is 0 Å². The smallest absolute Gasteiger partial charge is 0.172 e. The molecule has 5 nitrogen and oxygen atoms in total. The van der Waals surface area contributed by atoms with E-state index in [9.17, 15) is 0 Å². The fourth-order valence-electron chi connectivity index (χ4n) is 0.918. The Morgan fingerprint density at radius 3 is 2.20 bits per heavy atom. The minimum atomic E-state index is -1.16. The predicted octanol–water partition coefficient (Wildman–Crippen LogP) is -2.62. The van der Waals surface area contributed by atoms with Crippen molar-refractivity contribution in [1.82, 2.24) is 0 Å². The molecular weight excluding hydrogens is 138 g/mol. The highest BCUT2D eigenvalue weighted by Crippen LogP contribution is 2.16. The molecule has 4 unspecified atom stereocenters. The molecule has 0 saturated carbocycles. The van der Waals surface area contributed by atoms with E-state index in [1.807, 2.05) is 0 Å². The number of hydrogen-bond donors (Lipinski definition) is 4. The van der Waals surface area contributed by atoms with Crippen LogP contribution >= 0.6 is 0 Å². The Kier molecular flexibility index (Phi) is 2.22. The highest BCUT2D eigenvalue weighted by Gasteiger charge is 2.39. The molecule has 0 aliphatic carbocycles. The lowest BCUT2D eigenvalue weighted by Gasteiger charge is -2.10. The summed E-state index contributed by atoms with van der Waals surface area (Å²) in [7, 11) is 0. The molecule has 1 rings (SSSR count). The number of rotatable bonds is 1. The van der Waals surface area contributed by atoms with Crippen molar-refractivity contribution in [2.75, 3.05) is 6.61 Å². The van der Waals surface area contributed by atoms with Crippen LogP contribution in [0, 0.1) is 0 Å². The van der Waals surface area contributed by atoms with E-state index in [0.717, 1.165) is 0 Å².